The number of aryl methyl sites for hydroxylation is 1. The first kappa shape index (κ1) is 12.9. The molecule has 0 bridgehead atoms. The molecule has 4 nitrogen and oxygen atoms in total. The van der Waals surface area contributed by atoms with Gasteiger partial charge >= 0.3 is 0 Å². The number of hydrogen-bond donors (Lipinski definition) is 1. The first-order valence-corrected chi connectivity index (χ1v) is 6.34. The van der Waals surface area contributed by atoms with E-state index in [0.717, 1.165) is 22.1 Å². The molecule has 1 aromatic carbocycles. The fraction of sp³-hybridized carbons (Fsp3) is 0.385. The molecule has 1 heterocycles. The Balaban J connectivity index is 2.09. The summed E-state index contributed by atoms with van der Waals surface area (Å²) in [7, 11) is 0. The number of rotatable bonds is 4. The van der Waals surface area contributed by atoms with Gasteiger partial charge in [0.25, 0.3) is 0 Å². The highest BCUT2D eigenvalue weighted by Crippen LogP contribution is 2.23. The van der Waals surface area contributed by atoms with Crippen LogP contribution in [0.15, 0.2) is 24.5 Å². The third-order valence-electron chi connectivity index (χ3n) is 2.70. The van der Waals surface area contributed by atoms with E-state index in [1.807, 2.05) is 29.8 Å². The van der Waals surface area contributed by atoms with Crippen LogP contribution in [-0.2, 0) is 6.54 Å². The molecule has 0 radical (unpaired) electrons. The molecule has 0 saturated heterocycles. The molecule has 0 aliphatic heterocycles. The average Bonchev–Trinajstić information content (AvgIpc) is 2.76. The zero-order chi connectivity index (χ0) is 13.1. The summed E-state index contributed by atoms with van der Waals surface area (Å²) >= 11 is 6.17. The van der Waals surface area contributed by atoms with Crippen molar-refractivity contribution in [2.75, 3.05) is 5.32 Å². The van der Waals surface area contributed by atoms with Crippen LogP contribution >= 0.6 is 11.6 Å². The molecule has 2 rings (SSSR count). The third kappa shape index (κ3) is 2.82. The highest BCUT2D eigenvalue weighted by Gasteiger charge is 2.08. The molecule has 18 heavy (non-hydrogen) atoms. The van der Waals surface area contributed by atoms with Gasteiger partial charge in [-0.15, -0.1) is 0 Å². The Morgan fingerprint density at radius 2 is 2.17 bits per heavy atom. The monoisotopic (exact) mass is 264 g/mol. The van der Waals surface area contributed by atoms with Gasteiger partial charge in [0, 0.05) is 6.04 Å². The van der Waals surface area contributed by atoms with E-state index in [9.17, 15) is 0 Å². The molecule has 0 atom stereocenters. The van der Waals surface area contributed by atoms with Gasteiger partial charge in [-0.1, -0.05) is 17.7 Å². The minimum Gasteiger partial charge on any atom is -0.377 e. The molecule has 1 N–H and O–H groups in total. The van der Waals surface area contributed by atoms with E-state index >= 15 is 0 Å². The Bertz CT molecular complexity index is 534. The predicted molar refractivity (Wildman–Crippen MR) is 73.9 cm³/mol. The zero-order valence-electron chi connectivity index (χ0n) is 10.8. The molecule has 5 heteroatoms. The highest BCUT2D eigenvalue weighted by molar-refractivity contribution is 6.33. The number of hydrogen-bond acceptors (Lipinski definition) is 3. The molecule has 0 saturated carbocycles. The molecule has 0 unspecified atom stereocenters. The molecular weight excluding hydrogens is 248 g/mol. The number of benzene rings is 1. The second-order valence-electron chi connectivity index (χ2n) is 4.55. The van der Waals surface area contributed by atoms with Crippen LogP contribution in [0.2, 0.25) is 5.02 Å². The normalized spacial score (nSPS) is 10.9. The first-order valence-electron chi connectivity index (χ1n) is 5.96. The van der Waals surface area contributed by atoms with E-state index in [2.05, 4.69) is 29.2 Å². The van der Waals surface area contributed by atoms with Gasteiger partial charge in [-0.3, -0.25) is 0 Å². The van der Waals surface area contributed by atoms with E-state index in [4.69, 9.17) is 11.6 Å². The number of aromatic nitrogens is 3. The van der Waals surface area contributed by atoms with Gasteiger partial charge in [0.05, 0.1) is 17.3 Å². The Morgan fingerprint density at radius 3 is 2.83 bits per heavy atom. The van der Waals surface area contributed by atoms with Crippen molar-refractivity contribution in [2.24, 2.45) is 0 Å². The fourth-order valence-corrected chi connectivity index (χ4v) is 2.07. The summed E-state index contributed by atoms with van der Waals surface area (Å²) in [6.07, 6.45) is 1.58. The number of nitrogens with zero attached hydrogens (tertiary/aromatic N) is 3. The maximum Gasteiger partial charge on any atom is 0.146 e. The fourth-order valence-electron chi connectivity index (χ4n) is 1.77. The summed E-state index contributed by atoms with van der Waals surface area (Å²) in [5.74, 6) is 0.904. The molecular formula is C13H17ClN4. The molecule has 0 aliphatic carbocycles. The van der Waals surface area contributed by atoms with Gasteiger partial charge in [0.15, 0.2) is 0 Å². The van der Waals surface area contributed by atoms with Crippen LogP contribution in [0.5, 0.6) is 0 Å². The van der Waals surface area contributed by atoms with Crippen molar-refractivity contribution < 1.29 is 0 Å². The van der Waals surface area contributed by atoms with Crippen LogP contribution in [0.1, 0.15) is 31.3 Å². The van der Waals surface area contributed by atoms with Gasteiger partial charge in [-0.2, -0.15) is 5.10 Å². The Labute approximate surface area is 112 Å². The van der Waals surface area contributed by atoms with Crippen LogP contribution in [0.4, 0.5) is 5.69 Å². The predicted octanol–water partition coefficient (Wildman–Crippen LogP) is 3.43. The van der Waals surface area contributed by atoms with Crippen molar-refractivity contribution in [3.05, 3.63) is 40.9 Å². The summed E-state index contributed by atoms with van der Waals surface area (Å²) in [6, 6.07) is 6.25. The van der Waals surface area contributed by atoms with Crippen LogP contribution in [0, 0.1) is 6.92 Å². The van der Waals surface area contributed by atoms with Crippen LogP contribution in [-0.4, -0.2) is 14.8 Å². The van der Waals surface area contributed by atoms with E-state index in [0.29, 0.717) is 12.6 Å². The van der Waals surface area contributed by atoms with Crippen LogP contribution < -0.4 is 5.32 Å². The number of nitrogens with one attached hydrogen (secondary N) is 1. The van der Waals surface area contributed by atoms with E-state index in [1.54, 1.807) is 6.33 Å². The Morgan fingerprint density at radius 1 is 1.39 bits per heavy atom. The average molecular weight is 265 g/mol. The van der Waals surface area contributed by atoms with Gasteiger partial charge in [0.2, 0.25) is 0 Å². The molecule has 2 aromatic rings. The largest absolute Gasteiger partial charge is 0.377 e. The lowest BCUT2D eigenvalue weighted by Crippen LogP contribution is -2.12. The highest BCUT2D eigenvalue weighted by atomic mass is 35.5. The lowest BCUT2D eigenvalue weighted by molar-refractivity contribution is 0.509. The lowest BCUT2D eigenvalue weighted by atomic mass is 10.2. The van der Waals surface area contributed by atoms with Crippen molar-refractivity contribution >= 4 is 17.3 Å². The summed E-state index contributed by atoms with van der Waals surface area (Å²) in [5, 5.41) is 8.21. The maximum absolute atomic E-state index is 6.17. The zero-order valence-corrected chi connectivity index (χ0v) is 11.6. The molecule has 1 aromatic heterocycles. The molecule has 96 valence electrons. The quantitative estimate of drug-likeness (QED) is 0.920. The second-order valence-corrected chi connectivity index (χ2v) is 4.96. The molecule has 0 fully saturated rings. The maximum atomic E-state index is 6.17. The Hall–Kier alpha value is -1.55. The minimum atomic E-state index is 0.304. The van der Waals surface area contributed by atoms with E-state index in [-0.39, 0.29) is 0 Å². The van der Waals surface area contributed by atoms with E-state index < -0.39 is 0 Å². The van der Waals surface area contributed by atoms with Crippen molar-refractivity contribution in [2.45, 2.75) is 33.4 Å². The van der Waals surface area contributed by atoms with E-state index in [1.165, 1.54) is 0 Å². The van der Waals surface area contributed by atoms with Gasteiger partial charge in [0.1, 0.15) is 12.2 Å². The smallest absolute Gasteiger partial charge is 0.146 e. The summed E-state index contributed by atoms with van der Waals surface area (Å²) < 4.78 is 1.90. The van der Waals surface area contributed by atoms with Gasteiger partial charge in [-0.25, -0.2) is 9.67 Å². The van der Waals surface area contributed by atoms with Crippen molar-refractivity contribution in [1.29, 1.82) is 0 Å². The van der Waals surface area contributed by atoms with Crippen molar-refractivity contribution in [3.63, 3.8) is 0 Å². The van der Waals surface area contributed by atoms with Crippen LogP contribution in [0.3, 0.4) is 0 Å². The lowest BCUT2D eigenvalue weighted by Gasteiger charge is -2.12. The summed E-state index contributed by atoms with van der Waals surface area (Å²) in [6.45, 7) is 6.79. The summed E-state index contributed by atoms with van der Waals surface area (Å²) in [5.41, 5.74) is 2.07. The number of halogens is 1. The van der Waals surface area contributed by atoms with Crippen molar-refractivity contribution in [3.8, 4) is 0 Å². The third-order valence-corrected chi connectivity index (χ3v) is 3.01. The standard InChI is InChI=1S/C13H17ClN4/c1-9(2)18-13(16-8-17-18)7-15-12-5-4-10(3)6-11(12)14/h4-6,8-9,15H,7H2,1-3H3. The summed E-state index contributed by atoms with van der Waals surface area (Å²) in [4.78, 5) is 4.25. The van der Waals surface area contributed by atoms with Gasteiger partial charge in [-0.05, 0) is 38.5 Å². The molecule has 0 aliphatic rings. The SMILES string of the molecule is Cc1ccc(NCc2ncnn2C(C)C)c(Cl)c1. The van der Waals surface area contributed by atoms with Crippen LogP contribution in [0.25, 0.3) is 0 Å². The topological polar surface area (TPSA) is 42.7 Å². The minimum absolute atomic E-state index is 0.304. The van der Waals surface area contributed by atoms with Crippen molar-refractivity contribution in [1.82, 2.24) is 14.8 Å². The van der Waals surface area contributed by atoms with Gasteiger partial charge < -0.3 is 5.32 Å². The molecule has 0 amide bonds. The molecule has 0 spiro atoms. The second kappa shape index (κ2) is 5.40. The Kier molecular flexibility index (Phi) is 3.87. The first-order chi connectivity index (χ1) is 8.58. The number of anilines is 1.